The summed E-state index contributed by atoms with van der Waals surface area (Å²) in [6, 6.07) is -0.927. The molecule has 1 amide bonds. The van der Waals surface area contributed by atoms with Gasteiger partial charge >= 0.3 is 0 Å². The Morgan fingerprint density at radius 2 is 0.853 bits per heavy atom. The molecule has 12 unspecified atom stereocenters. The van der Waals surface area contributed by atoms with E-state index in [-0.39, 0.29) is 18.9 Å². The fraction of sp³-hybridized carbons (Fsp3) is 0.918. The maximum absolute atomic E-state index is 13.2. The second-order valence-electron chi connectivity index (χ2n) is 22.2. The largest absolute Gasteiger partial charge is 0.394 e. The normalized spacial score (nSPS) is 25.1. The highest BCUT2D eigenvalue weighted by Crippen LogP contribution is 2.30. The molecule has 9 N–H and O–H groups in total. The quantitative estimate of drug-likeness (QED) is 0.0204. The number of carbonyl (C=O) groups excluding carboxylic acids is 1. The highest BCUT2D eigenvalue weighted by Gasteiger charge is 2.51. The van der Waals surface area contributed by atoms with E-state index in [1.54, 1.807) is 6.08 Å². The molecule has 0 radical (unpaired) electrons. The Labute approximate surface area is 456 Å². The number of hydrogen-bond acceptors (Lipinski definition) is 13. The third kappa shape index (κ3) is 33.0. The average molecular weight is 1070 g/mol. The number of aliphatic hydroxyl groups excluding tert-OH is 8. The van der Waals surface area contributed by atoms with Gasteiger partial charge in [0.1, 0.15) is 48.8 Å². The average Bonchev–Trinajstić information content (AvgIpc) is 3.41. The van der Waals surface area contributed by atoms with Gasteiger partial charge in [-0.15, -0.1) is 0 Å². The molecule has 2 heterocycles. The van der Waals surface area contributed by atoms with Crippen molar-refractivity contribution in [3.8, 4) is 0 Å². The van der Waals surface area contributed by atoms with Crippen LogP contribution in [0.1, 0.15) is 264 Å². The van der Waals surface area contributed by atoms with Crippen LogP contribution >= 0.6 is 0 Å². The summed E-state index contributed by atoms with van der Waals surface area (Å²) in [5.41, 5.74) is 0. The number of carbonyl (C=O) groups is 1. The van der Waals surface area contributed by atoms with Crippen molar-refractivity contribution in [3.05, 3.63) is 24.3 Å². The van der Waals surface area contributed by atoms with Crippen molar-refractivity contribution in [2.24, 2.45) is 0 Å². The van der Waals surface area contributed by atoms with Gasteiger partial charge < -0.3 is 65.1 Å². The van der Waals surface area contributed by atoms with E-state index in [1.165, 1.54) is 199 Å². The van der Waals surface area contributed by atoms with E-state index in [4.69, 9.17) is 18.9 Å². The van der Waals surface area contributed by atoms with Crippen molar-refractivity contribution < 1.29 is 64.6 Å². The molecule has 0 spiro atoms. The monoisotopic (exact) mass is 1070 g/mol. The topological polar surface area (TPSA) is 228 Å². The van der Waals surface area contributed by atoms with Gasteiger partial charge in [-0.05, 0) is 32.1 Å². The van der Waals surface area contributed by atoms with E-state index < -0.39 is 86.8 Å². The maximum Gasteiger partial charge on any atom is 0.220 e. The van der Waals surface area contributed by atoms with Crippen molar-refractivity contribution >= 4 is 5.91 Å². The number of nitrogens with one attached hydrogen (secondary N) is 1. The lowest BCUT2D eigenvalue weighted by Gasteiger charge is -2.46. The van der Waals surface area contributed by atoms with Crippen molar-refractivity contribution in [2.75, 3.05) is 19.8 Å². The number of rotatable bonds is 50. The molecular formula is C61H115NO13. The van der Waals surface area contributed by atoms with Gasteiger partial charge in [0.15, 0.2) is 12.6 Å². The molecule has 12 atom stereocenters. The molecule has 2 fully saturated rings. The Morgan fingerprint density at radius 3 is 1.31 bits per heavy atom. The molecule has 75 heavy (non-hydrogen) atoms. The van der Waals surface area contributed by atoms with E-state index in [0.29, 0.717) is 12.8 Å². The van der Waals surface area contributed by atoms with Crippen molar-refractivity contribution in [3.63, 3.8) is 0 Å². The van der Waals surface area contributed by atoms with Gasteiger partial charge in [-0.1, -0.05) is 250 Å². The summed E-state index contributed by atoms with van der Waals surface area (Å²) in [6.07, 6.45) is 39.7. The fourth-order valence-electron chi connectivity index (χ4n) is 10.4. The third-order valence-corrected chi connectivity index (χ3v) is 15.4. The number of hydrogen-bond donors (Lipinski definition) is 9. The fourth-order valence-corrected chi connectivity index (χ4v) is 10.4. The van der Waals surface area contributed by atoms with Crippen LogP contribution in [0.15, 0.2) is 24.3 Å². The summed E-state index contributed by atoms with van der Waals surface area (Å²) in [5, 5.41) is 86.9. The van der Waals surface area contributed by atoms with Gasteiger partial charge in [0.05, 0.1) is 32.0 Å². The summed E-state index contributed by atoms with van der Waals surface area (Å²) in [5.74, 6) is -0.245. The molecule has 0 aromatic rings. The molecule has 2 saturated heterocycles. The minimum absolute atomic E-state index is 0.245. The molecule has 0 aromatic carbocycles. The lowest BCUT2D eigenvalue weighted by atomic mass is 9.97. The lowest BCUT2D eigenvalue weighted by Crippen LogP contribution is -2.65. The first kappa shape index (κ1) is 69.6. The standard InChI is InChI=1S/C61H115NO13/c1-3-5-7-9-11-13-15-17-18-19-20-21-22-23-24-25-26-27-28-29-30-31-32-33-35-37-39-41-43-45-53(66)62-49(50(65)44-42-40-38-36-34-16-14-12-10-8-6-4-2)48-72-60-58(71)56(69)59(52(47-64)74-60)75-61-57(70)55(68)54(67)51(46-63)73-61/h34,36,42,44,49-52,54-61,63-65,67-71H,3-33,35,37-41,43,45-48H2,1-2H3,(H,62,66)/b36-34+,44-42+. The Bertz CT molecular complexity index is 1350. The van der Waals surface area contributed by atoms with Crippen LogP contribution in [0.5, 0.6) is 0 Å². The van der Waals surface area contributed by atoms with Crippen LogP contribution in [0.4, 0.5) is 0 Å². The van der Waals surface area contributed by atoms with Crippen LogP contribution in [0, 0.1) is 0 Å². The summed E-state index contributed by atoms with van der Waals surface area (Å²) >= 11 is 0. The Balaban J connectivity index is 1.66. The first-order valence-corrected chi connectivity index (χ1v) is 31.1. The number of allylic oxidation sites excluding steroid dienone is 3. The number of aliphatic hydroxyl groups is 8. The third-order valence-electron chi connectivity index (χ3n) is 15.4. The number of amides is 1. The van der Waals surface area contributed by atoms with Crippen LogP contribution in [-0.4, -0.2) is 140 Å². The van der Waals surface area contributed by atoms with Crippen molar-refractivity contribution in [1.29, 1.82) is 0 Å². The highest BCUT2D eigenvalue weighted by molar-refractivity contribution is 5.76. The van der Waals surface area contributed by atoms with Crippen LogP contribution in [-0.2, 0) is 23.7 Å². The lowest BCUT2D eigenvalue weighted by molar-refractivity contribution is -0.359. The van der Waals surface area contributed by atoms with Crippen LogP contribution in [0.2, 0.25) is 0 Å². The molecule has 0 aromatic heterocycles. The number of unbranched alkanes of at least 4 members (excludes halogenated alkanes) is 35. The van der Waals surface area contributed by atoms with Gasteiger partial charge in [0, 0.05) is 6.42 Å². The number of ether oxygens (including phenoxy) is 4. The van der Waals surface area contributed by atoms with E-state index in [1.807, 2.05) is 6.08 Å². The molecule has 2 aliphatic heterocycles. The van der Waals surface area contributed by atoms with Crippen LogP contribution in [0.3, 0.4) is 0 Å². The van der Waals surface area contributed by atoms with Gasteiger partial charge in [-0.3, -0.25) is 4.79 Å². The first-order valence-electron chi connectivity index (χ1n) is 31.1. The SMILES string of the molecule is CCCCCCCC/C=C/CC/C=C/C(O)C(COC1OC(CO)C(OC2OC(CO)C(O)C(O)C2O)C(O)C1O)NC(=O)CCCCCCCCCCCCCCCCCCCCCCCCCCCCCCC. The molecule has 14 nitrogen and oxygen atoms in total. The molecule has 0 aliphatic carbocycles. The van der Waals surface area contributed by atoms with Crippen molar-refractivity contribution in [1.82, 2.24) is 5.32 Å². The summed E-state index contributed by atoms with van der Waals surface area (Å²) in [4.78, 5) is 13.2. The van der Waals surface area contributed by atoms with E-state index in [9.17, 15) is 45.6 Å². The van der Waals surface area contributed by atoms with Gasteiger partial charge in [-0.25, -0.2) is 0 Å². The second kappa shape index (κ2) is 47.3. The zero-order valence-corrected chi connectivity index (χ0v) is 47.6. The summed E-state index contributed by atoms with van der Waals surface area (Å²) < 4.78 is 22.7. The van der Waals surface area contributed by atoms with E-state index >= 15 is 0 Å². The zero-order valence-electron chi connectivity index (χ0n) is 47.6. The van der Waals surface area contributed by atoms with E-state index in [0.717, 1.165) is 32.1 Å². The Morgan fingerprint density at radius 1 is 0.467 bits per heavy atom. The van der Waals surface area contributed by atoms with Crippen molar-refractivity contribution in [2.45, 2.75) is 338 Å². The van der Waals surface area contributed by atoms with Crippen LogP contribution in [0.25, 0.3) is 0 Å². The molecule has 0 saturated carbocycles. The molecule has 2 rings (SSSR count). The van der Waals surface area contributed by atoms with E-state index in [2.05, 4.69) is 31.3 Å². The Kier molecular flexibility index (Phi) is 43.9. The minimum Gasteiger partial charge on any atom is -0.394 e. The smallest absolute Gasteiger partial charge is 0.220 e. The molecule has 2 aliphatic rings. The van der Waals surface area contributed by atoms with Gasteiger partial charge in [0.2, 0.25) is 5.91 Å². The van der Waals surface area contributed by atoms with Gasteiger partial charge in [0.25, 0.3) is 0 Å². The predicted molar refractivity (Wildman–Crippen MR) is 300 cm³/mol. The minimum atomic E-state index is -1.79. The van der Waals surface area contributed by atoms with Crippen LogP contribution < -0.4 is 5.32 Å². The first-order chi connectivity index (χ1) is 36.6. The molecule has 14 heteroatoms. The molecule has 442 valence electrons. The summed E-state index contributed by atoms with van der Waals surface area (Å²) in [6.45, 7) is 2.78. The Hall–Kier alpha value is -1.53. The summed E-state index contributed by atoms with van der Waals surface area (Å²) in [7, 11) is 0. The maximum atomic E-state index is 13.2. The molecular weight excluding hydrogens is 955 g/mol. The molecule has 0 bridgehead atoms. The van der Waals surface area contributed by atoms with Gasteiger partial charge in [-0.2, -0.15) is 0 Å². The highest BCUT2D eigenvalue weighted by atomic mass is 16.7. The predicted octanol–water partition coefficient (Wildman–Crippen LogP) is 10.8. The zero-order chi connectivity index (χ0) is 54.6. The second-order valence-corrected chi connectivity index (χ2v) is 22.2.